The van der Waals surface area contributed by atoms with Crippen LogP contribution in [0, 0.1) is 11.8 Å². The first-order valence-corrected chi connectivity index (χ1v) is 9.44. The molecule has 1 aliphatic rings. The van der Waals surface area contributed by atoms with Gasteiger partial charge in [-0.2, -0.15) is 0 Å². The zero-order valence-electron chi connectivity index (χ0n) is 16.5. The second-order valence-corrected chi connectivity index (χ2v) is 7.86. The molecular weight excluding hydrogens is 330 g/mol. The molecule has 1 heterocycles. The number of carbonyl (C=O) groups excluding carboxylic acids is 2. The summed E-state index contributed by atoms with van der Waals surface area (Å²) in [5, 5.41) is 0. The van der Waals surface area contributed by atoms with Gasteiger partial charge in [0.2, 0.25) is 5.54 Å². The van der Waals surface area contributed by atoms with Crippen LogP contribution in [0.3, 0.4) is 0 Å². The zero-order valence-corrected chi connectivity index (χ0v) is 16.5. The molecule has 144 valence electrons. The lowest BCUT2D eigenvalue weighted by molar-refractivity contribution is -0.192. The van der Waals surface area contributed by atoms with E-state index in [0.717, 1.165) is 5.56 Å². The molecule has 5 nitrogen and oxygen atoms in total. The molecule has 0 amide bonds. The van der Waals surface area contributed by atoms with E-state index in [4.69, 9.17) is 9.47 Å². The molecular formula is C21H31NO4. The number of likely N-dealkylation sites (tertiary alicyclic amines) is 1. The first-order chi connectivity index (χ1) is 12.3. The van der Waals surface area contributed by atoms with Crippen LogP contribution in [0.25, 0.3) is 0 Å². The molecule has 0 saturated carbocycles. The van der Waals surface area contributed by atoms with Crippen LogP contribution in [0.1, 0.15) is 46.6 Å². The Labute approximate surface area is 156 Å². The van der Waals surface area contributed by atoms with Crippen molar-refractivity contribution in [2.45, 2.75) is 59.2 Å². The quantitative estimate of drug-likeness (QED) is 0.524. The van der Waals surface area contributed by atoms with Crippen molar-refractivity contribution < 1.29 is 19.1 Å². The number of ether oxygens (including phenoxy) is 2. The van der Waals surface area contributed by atoms with Crippen LogP contribution in [0.15, 0.2) is 30.3 Å². The van der Waals surface area contributed by atoms with Gasteiger partial charge in [0.15, 0.2) is 0 Å². The highest BCUT2D eigenvalue weighted by atomic mass is 16.6. The third-order valence-corrected chi connectivity index (χ3v) is 4.95. The van der Waals surface area contributed by atoms with Gasteiger partial charge in [-0.1, -0.05) is 58.0 Å². The largest absolute Gasteiger partial charge is 0.464 e. The minimum absolute atomic E-state index is 0.185. The summed E-state index contributed by atoms with van der Waals surface area (Å²) in [6.45, 7) is 11.3. The molecule has 0 N–H and O–H groups in total. The number of benzene rings is 1. The standard InChI is InChI=1S/C21H31NO4/c1-15(2)14-25-19(23)21(20(24)26-17(5)16(3)4)11-12-22(21)13-18-9-7-6-8-10-18/h6-10,15-17H,11-14H2,1-5H3/t17-,21-/m0/s1. The molecule has 1 aliphatic heterocycles. The first kappa shape index (κ1) is 20.4. The fraction of sp³-hybridized carbons (Fsp3) is 0.619. The Bertz CT molecular complexity index is 614. The molecule has 1 saturated heterocycles. The van der Waals surface area contributed by atoms with E-state index in [2.05, 4.69) is 0 Å². The first-order valence-electron chi connectivity index (χ1n) is 9.44. The van der Waals surface area contributed by atoms with Gasteiger partial charge in [-0.3, -0.25) is 4.90 Å². The van der Waals surface area contributed by atoms with Crippen LogP contribution < -0.4 is 0 Å². The fourth-order valence-corrected chi connectivity index (χ4v) is 2.82. The van der Waals surface area contributed by atoms with Gasteiger partial charge in [0.05, 0.1) is 6.61 Å². The van der Waals surface area contributed by atoms with Crippen molar-refractivity contribution in [1.82, 2.24) is 4.90 Å². The Hall–Kier alpha value is -1.88. The average molecular weight is 361 g/mol. The van der Waals surface area contributed by atoms with Gasteiger partial charge in [0.25, 0.3) is 0 Å². The molecule has 2 atom stereocenters. The van der Waals surface area contributed by atoms with Crippen LogP contribution >= 0.6 is 0 Å². The maximum atomic E-state index is 13.0. The van der Waals surface area contributed by atoms with Gasteiger partial charge in [0.1, 0.15) is 6.10 Å². The van der Waals surface area contributed by atoms with Crippen molar-refractivity contribution in [3.05, 3.63) is 35.9 Å². The normalized spacial score (nSPS) is 21.3. The third kappa shape index (κ3) is 4.44. The van der Waals surface area contributed by atoms with E-state index in [-0.39, 0.29) is 17.9 Å². The Kier molecular flexibility index (Phi) is 6.81. The molecule has 1 fully saturated rings. The van der Waals surface area contributed by atoms with E-state index < -0.39 is 17.5 Å². The summed E-state index contributed by atoms with van der Waals surface area (Å²) in [7, 11) is 0. The summed E-state index contributed by atoms with van der Waals surface area (Å²) in [6, 6.07) is 9.83. The zero-order chi connectivity index (χ0) is 19.3. The lowest BCUT2D eigenvalue weighted by Crippen LogP contribution is -2.69. The molecule has 0 bridgehead atoms. The van der Waals surface area contributed by atoms with Gasteiger partial charge in [-0.15, -0.1) is 0 Å². The Morgan fingerprint density at radius 3 is 2.23 bits per heavy atom. The number of esters is 2. The average Bonchev–Trinajstić information content (AvgIpc) is 2.58. The number of hydrogen-bond donors (Lipinski definition) is 0. The van der Waals surface area contributed by atoms with Gasteiger partial charge < -0.3 is 9.47 Å². The highest BCUT2D eigenvalue weighted by molar-refractivity contribution is 6.06. The molecule has 26 heavy (non-hydrogen) atoms. The molecule has 0 aliphatic carbocycles. The third-order valence-electron chi connectivity index (χ3n) is 4.95. The number of carbonyl (C=O) groups is 2. The molecule has 0 radical (unpaired) electrons. The SMILES string of the molecule is CC(C)COC(=O)[C@]1(C(=O)O[C@@H](C)C(C)C)CCN1Cc1ccccc1. The number of nitrogens with zero attached hydrogens (tertiary/aromatic N) is 1. The molecule has 0 unspecified atom stereocenters. The molecule has 1 aromatic carbocycles. The second kappa shape index (κ2) is 8.67. The maximum absolute atomic E-state index is 13.0. The Morgan fingerprint density at radius 2 is 1.73 bits per heavy atom. The van der Waals surface area contributed by atoms with Crippen molar-refractivity contribution >= 4 is 11.9 Å². The molecule has 5 heteroatoms. The van der Waals surface area contributed by atoms with Crippen molar-refractivity contribution in [2.24, 2.45) is 11.8 Å². The highest BCUT2D eigenvalue weighted by Gasteiger charge is 2.60. The summed E-state index contributed by atoms with van der Waals surface area (Å²) in [5.74, 6) is -0.585. The van der Waals surface area contributed by atoms with Crippen molar-refractivity contribution in [3.8, 4) is 0 Å². The van der Waals surface area contributed by atoms with E-state index in [1.54, 1.807) is 0 Å². The highest BCUT2D eigenvalue weighted by Crippen LogP contribution is 2.36. The van der Waals surface area contributed by atoms with Crippen LogP contribution in [0.4, 0.5) is 0 Å². The lowest BCUT2D eigenvalue weighted by atomic mass is 9.83. The minimum Gasteiger partial charge on any atom is -0.464 e. The van der Waals surface area contributed by atoms with Crippen LogP contribution in [0.5, 0.6) is 0 Å². The van der Waals surface area contributed by atoms with Crippen molar-refractivity contribution in [2.75, 3.05) is 13.2 Å². The summed E-state index contributed by atoms with van der Waals surface area (Å²) in [6.07, 6.45) is 0.178. The van der Waals surface area contributed by atoms with Gasteiger partial charge in [0, 0.05) is 19.5 Å². The summed E-state index contributed by atoms with van der Waals surface area (Å²) < 4.78 is 11.1. The summed E-state index contributed by atoms with van der Waals surface area (Å²) in [4.78, 5) is 27.7. The van der Waals surface area contributed by atoms with Crippen LogP contribution in [0.2, 0.25) is 0 Å². The van der Waals surface area contributed by atoms with Crippen LogP contribution in [-0.4, -0.2) is 41.6 Å². The molecule has 2 rings (SSSR count). The van der Waals surface area contributed by atoms with Crippen LogP contribution in [-0.2, 0) is 25.6 Å². The van der Waals surface area contributed by atoms with Crippen molar-refractivity contribution in [1.29, 1.82) is 0 Å². The molecule has 1 aromatic rings. The van der Waals surface area contributed by atoms with Gasteiger partial charge in [-0.05, 0) is 24.3 Å². The Balaban J connectivity index is 2.21. The van der Waals surface area contributed by atoms with Crippen molar-refractivity contribution in [3.63, 3.8) is 0 Å². The molecule has 0 aromatic heterocycles. The minimum atomic E-state index is -1.33. The van der Waals surface area contributed by atoms with E-state index >= 15 is 0 Å². The van der Waals surface area contributed by atoms with E-state index in [1.165, 1.54) is 0 Å². The predicted molar refractivity (Wildman–Crippen MR) is 100 cm³/mol. The van der Waals surface area contributed by atoms with Gasteiger partial charge in [-0.25, -0.2) is 9.59 Å². The van der Waals surface area contributed by atoms with E-state index in [9.17, 15) is 9.59 Å². The van der Waals surface area contributed by atoms with E-state index in [0.29, 0.717) is 26.1 Å². The number of rotatable bonds is 8. The van der Waals surface area contributed by atoms with E-state index in [1.807, 2.05) is 69.9 Å². The number of hydrogen-bond acceptors (Lipinski definition) is 5. The maximum Gasteiger partial charge on any atom is 0.338 e. The smallest absolute Gasteiger partial charge is 0.338 e. The monoisotopic (exact) mass is 361 g/mol. The Morgan fingerprint density at radius 1 is 1.08 bits per heavy atom. The summed E-state index contributed by atoms with van der Waals surface area (Å²) in [5.41, 5.74) is -0.272. The van der Waals surface area contributed by atoms with Gasteiger partial charge >= 0.3 is 11.9 Å². The summed E-state index contributed by atoms with van der Waals surface area (Å²) >= 11 is 0. The lowest BCUT2D eigenvalue weighted by Gasteiger charge is -2.48. The fourth-order valence-electron chi connectivity index (χ4n) is 2.82. The molecule has 0 spiro atoms. The predicted octanol–water partition coefficient (Wildman–Crippen LogP) is 3.42. The second-order valence-electron chi connectivity index (χ2n) is 7.86. The topological polar surface area (TPSA) is 55.8 Å².